The van der Waals surface area contributed by atoms with Gasteiger partial charge in [-0.25, -0.2) is 0 Å². The minimum Gasteiger partial charge on any atom is -0.396 e. The van der Waals surface area contributed by atoms with E-state index < -0.39 is 12.2 Å². The maximum atomic E-state index is 12.3. The summed E-state index contributed by atoms with van der Waals surface area (Å²) in [6.45, 7) is 2.44. The highest BCUT2D eigenvalue weighted by Crippen LogP contribution is 2.48. The predicted molar refractivity (Wildman–Crippen MR) is 108 cm³/mol. The molecule has 0 spiro atoms. The largest absolute Gasteiger partial charge is 0.396 e. The summed E-state index contributed by atoms with van der Waals surface area (Å²) in [5.41, 5.74) is 0.0300. The van der Waals surface area contributed by atoms with E-state index in [1.54, 1.807) is 0 Å². The third kappa shape index (κ3) is 6.13. The normalized spacial score (nSPS) is 28.6. The molecule has 0 aromatic rings. The number of hydrogen-bond donors (Lipinski definition) is 3. The quantitative estimate of drug-likeness (QED) is 0.331. The number of aliphatic hydroxyl groups is 3. The van der Waals surface area contributed by atoms with Gasteiger partial charge in [-0.05, 0) is 37.5 Å². The van der Waals surface area contributed by atoms with E-state index in [1.165, 1.54) is 6.42 Å². The van der Waals surface area contributed by atoms with Crippen LogP contribution in [0.1, 0.15) is 90.4 Å². The van der Waals surface area contributed by atoms with Crippen LogP contribution in [-0.2, 0) is 4.79 Å². The molecule has 156 valence electrons. The highest BCUT2D eigenvalue weighted by atomic mass is 16.3. The molecule has 2 aliphatic carbocycles. The zero-order chi connectivity index (χ0) is 19.7. The van der Waals surface area contributed by atoms with Crippen LogP contribution in [0.4, 0.5) is 0 Å². The Hall–Kier alpha value is -0.710. The fourth-order valence-corrected chi connectivity index (χ4v) is 4.89. The standard InChI is InChI=1S/C23H40O4/c1-2-3-13-23(14-9-15-23)22(27)12-11-19-18(20(25)17-21(19)26)10-7-5-4-6-8-16-24/h11-12,18-19,21-22,24,26-27H,2-10,13-17H2,1H3/t18-,19-,21-,22-/m1/s1. The Morgan fingerprint density at radius 2 is 1.85 bits per heavy atom. The van der Waals surface area contributed by atoms with Crippen LogP contribution in [0.3, 0.4) is 0 Å². The number of Topliss-reactive ketones (excluding diaryl/α,β-unsaturated/α-hetero) is 1. The minimum absolute atomic E-state index is 0.0300. The van der Waals surface area contributed by atoms with Crippen molar-refractivity contribution in [3.8, 4) is 0 Å². The Labute approximate surface area is 165 Å². The zero-order valence-corrected chi connectivity index (χ0v) is 17.1. The van der Waals surface area contributed by atoms with Crippen molar-refractivity contribution in [1.29, 1.82) is 0 Å². The van der Waals surface area contributed by atoms with Crippen LogP contribution in [0.5, 0.6) is 0 Å². The van der Waals surface area contributed by atoms with Gasteiger partial charge in [-0.15, -0.1) is 0 Å². The summed E-state index contributed by atoms with van der Waals surface area (Å²) in [7, 11) is 0. The highest BCUT2D eigenvalue weighted by molar-refractivity contribution is 5.84. The van der Waals surface area contributed by atoms with E-state index in [0.717, 1.165) is 70.6 Å². The van der Waals surface area contributed by atoms with E-state index in [9.17, 15) is 15.0 Å². The lowest BCUT2D eigenvalue weighted by Gasteiger charge is -2.45. The minimum atomic E-state index is -0.603. The molecule has 3 N–H and O–H groups in total. The summed E-state index contributed by atoms with van der Waals surface area (Å²) in [5.74, 6) is -0.0755. The lowest BCUT2D eigenvalue weighted by molar-refractivity contribution is -0.121. The molecule has 2 rings (SSSR count). The van der Waals surface area contributed by atoms with Gasteiger partial charge in [-0.1, -0.05) is 64.0 Å². The SMILES string of the molecule is CCCCC1([C@H](O)C=C[C@H]2[C@H](O)CC(=O)[C@@H]2CCCCCCCO)CCC1. The molecule has 0 aliphatic heterocycles. The van der Waals surface area contributed by atoms with Gasteiger partial charge in [0.15, 0.2) is 0 Å². The molecule has 0 saturated heterocycles. The first-order chi connectivity index (χ1) is 13.0. The Kier molecular flexibility index (Phi) is 9.47. The van der Waals surface area contributed by atoms with Gasteiger partial charge >= 0.3 is 0 Å². The summed E-state index contributed by atoms with van der Waals surface area (Å²) < 4.78 is 0. The lowest BCUT2D eigenvalue weighted by atomic mass is 9.62. The maximum Gasteiger partial charge on any atom is 0.139 e. The van der Waals surface area contributed by atoms with Crippen LogP contribution in [0.15, 0.2) is 12.2 Å². The monoisotopic (exact) mass is 380 g/mol. The second-order valence-electron chi connectivity index (χ2n) is 8.85. The molecule has 2 saturated carbocycles. The van der Waals surface area contributed by atoms with Gasteiger partial charge in [0.2, 0.25) is 0 Å². The molecule has 2 fully saturated rings. The van der Waals surface area contributed by atoms with Crippen molar-refractivity contribution in [1.82, 2.24) is 0 Å². The Bertz CT molecular complexity index is 469. The highest BCUT2D eigenvalue weighted by Gasteiger charge is 2.43. The molecule has 0 amide bonds. The molecule has 4 nitrogen and oxygen atoms in total. The smallest absolute Gasteiger partial charge is 0.139 e. The number of ketones is 1. The first kappa shape index (κ1) is 22.6. The topological polar surface area (TPSA) is 77.8 Å². The average molecular weight is 381 g/mol. The van der Waals surface area contributed by atoms with E-state index >= 15 is 0 Å². The molecule has 0 heterocycles. The molecule has 4 atom stereocenters. The van der Waals surface area contributed by atoms with Crippen molar-refractivity contribution in [2.75, 3.05) is 6.61 Å². The van der Waals surface area contributed by atoms with Crippen LogP contribution < -0.4 is 0 Å². The van der Waals surface area contributed by atoms with Gasteiger partial charge in [0.25, 0.3) is 0 Å². The molecule has 2 aliphatic rings. The second kappa shape index (κ2) is 11.3. The first-order valence-corrected chi connectivity index (χ1v) is 11.2. The summed E-state index contributed by atoms with van der Waals surface area (Å²) >= 11 is 0. The summed E-state index contributed by atoms with van der Waals surface area (Å²) in [6, 6.07) is 0. The van der Waals surface area contributed by atoms with Crippen LogP contribution in [0, 0.1) is 17.3 Å². The lowest BCUT2D eigenvalue weighted by Crippen LogP contribution is -2.40. The molecule has 0 unspecified atom stereocenters. The van der Waals surface area contributed by atoms with Crippen LogP contribution in [0.25, 0.3) is 0 Å². The van der Waals surface area contributed by atoms with E-state index in [0.29, 0.717) is 0 Å². The number of rotatable bonds is 13. The third-order valence-electron chi connectivity index (χ3n) is 6.93. The fraction of sp³-hybridized carbons (Fsp3) is 0.870. The van der Waals surface area contributed by atoms with Gasteiger partial charge in [-0.3, -0.25) is 4.79 Å². The molecule has 0 aromatic heterocycles. The predicted octanol–water partition coefficient (Wildman–Crippen LogP) is 4.16. The van der Waals surface area contributed by atoms with Crippen LogP contribution >= 0.6 is 0 Å². The van der Waals surface area contributed by atoms with Gasteiger partial charge in [0.05, 0.1) is 12.2 Å². The number of unbranched alkanes of at least 4 members (excludes halogenated alkanes) is 5. The first-order valence-electron chi connectivity index (χ1n) is 11.2. The Balaban J connectivity index is 1.87. The average Bonchev–Trinajstić information content (AvgIpc) is 2.88. The number of carbonyl (C=O) groups excluding carboxylic acids is 1. The van der Waals surface area contributed by atoms with E-state index in [-0.39, 0.29) is 36.1 Å². The Morgan fingerprint density at radius 3 is 2.48 bits per heavy atom. The van der Waals surface area contributed by atoms with Crippen molar-refractivity contribution in [3.05, 3.63) is 12.2 Å². The van der Waals surface area contributed by atoms with Crippen molar-refractivity contribution >= 4 is 5.78 Å². The molecule has 4 heteroatoms. The molecular weight excluding hydrogens is 340 g/mol. The number of aliphatic hydroxyl groups excluding tert-OH is 3. The van der Waals surface area contributed by atoms with E-state index in [4.69, 9.17) is 5.11 Å². The number of hydrogen-bond acceptors (Lipinski definition) is 4. The van der Waals surface area contributed by atoms with Gasteiger partial charge in [0.1, 0.15) is 5.78 Å². The summed E-state index contributed by atoms with van der Waals surface area (Å²) in [6.07, 6.45) is 15.6. The molecule has 0 bridgehead atoms. The van der Waals surface area contributed by atoms with Gasteiger partial charge in [-0.2, -0.15) is 0 Å². The van der Waals surface area contributed by atoms with E-state index in [1.807, 2.05) is 12.2 Å². The second-order valence-corrected chi connectivity index (χ2v) is 8.85. The molecule has 27 heavy (non-hydrogen) atoms. The van der Waals surface area contributed by atoms with Gasteiger partial charge in [0, 0.05) is 24.9 Å². The molecular formula is C23H40O4. The number of carbonyl (C=O) groups is 1. The zero-order valence-electron chi connectivity index (χ0n) is 17.1. The third-order valence-corrected chi connectivity index (χ3v) is 6.93. The van der Waals surface area contributed by atoms with Gasteiger partial charge < -0.3 is 15.3 Å². The maximum absolute atomic E-state index is 12.3. The van der Waals surface area contributed by atoms with Crippen molar-refractivity contribution in [2.45, 2.75) is 103 Å². The Morgan fingerprint density at radius 1 is 1.15 bits per heavy atom. The van der Waals surface area contributed by atoms with Crippen LogP contribution in [-0.4, -0.2) is 39.9 Å². The van der Waals surface area contributed by atoms with Crippen molar-refractivity contribution in [2.24, 2.45) is 17.3 Å². The van der Waals surface area contributed by atoms with Crippen LogP contribution in [0.2, 0.25) is 0 Å². The summed E-state index contributed by atoms with van der Waals surface area (Å²) in [5, 5.41) is 29.9. The molecule has 0 radical (unpaired) electrons. The fourth-order valence-electron chi connectivity index (χ4n) is 4.89. The van der Waals surface area contributed by atoms with E-state index in [2.05, 4.69) is 6.92 Å². The molecule has 0 aromatic carbocycles. The summed E-state index contributed by atoms with van der Waals surface area (Å²) in [4.78, 5) is 12.3. The van der Waals surface area contributed by atoms with Crippen molar-refractivity contribution in [3.63, 3.8) is 0 Å². The van der Waals surface area contributed by atoms with Crippen molar-refractivity contribution < 1.29 is 20.1 Å².